The molecule has 1 rings (SSSR count). The molecular weight excluding hydrogens is 244 g/mol. The van der Waals surface area contributed by atoms with E-state index in [4.69, 9.17) is 18.9 Å². The number of rotatable bonds is 6. The minimum absolute atomic E-state index is 0.0548. The third-order valence-electron chi connectivity index (χ3n) is 3.55. The van der Waals surface area contributed by atoms with Crippen molar-refractivity contribution in [1.29, 1.82) is 0 Å². The van der Waals surface area contributed by atoms with Gasteiger partial charge < -0.3 is 18.9 Å². The molecule has 0 bridgehead atoms. The van der Waals surface area contributed by atoms with Gasteiger partial charge >= 0.3 is 0 Å². The minimum atomic E-state index is -0.382. The molecule has 0 aromatic carbocycles. The maximum absolute atomic E-state index is 5.96. The Kier molecular flexibility index (Phi) is 6.47. The van der Waals surface area contributed by atoms with E-state index in [-0.39, 0.29) is 24.1 Å². The average Bonchev–Trinajstić information content (AvgIpc) is 2.33. The molecule has 4 atom stereocenters. The highest BCUT2D eigenvalue weighted by atomic mass is 16.7. The van der Waals surface area contributed by atoms with E-state index in [9.17, 15) is 0 Å². The van der Waals surface area contributed by atoms with E-state index in [1.54, 1.807) is 7.11 Å². The number of methoxy groups -OCH3 is 1. The molecule has 1 aliphatic heterocycles. The minimum Gasteiger partial charge on any atom is -0.376 e. The zero-order valence-electron chi connectivity index (χ0n) is 13.1. The molecule has 0 N–H and O–H groups in total. The molecule has 112 valence electrons. The van der Waals surface area contributed by atoms with Gasteiger partial charge in [0.1, 0.15) is 6.10 Å². The van der Waals surface area contributed by atoms with E-state index in [2.05, 4.69) is 26.8 Å². The quantitative estimate of drug-likeness (QED) is 0.697. The molecule has 1 aliphatic rings. The molecule has 4 nitrogen and oxygen atoms in total. The molecule has 0 unspecified atom stereocenters. The normalized spacial score (nSPS) is 35.2. The Bertz CT molecular complexity index is 299. The molecule has 0 radical (unpaired) electrons. The van der Waals surface area contributed by atoms with Crippen LogP contribution in [0.5, 0.6) is 0 Å². The Morgan fingerprint density at radius 1 is 1.37 bits per heavy atom. The van der Waals surface area contributed by atoms with Crippen molar-refractivity contribution in [3.05, 3.63) is 11.6 Å². The fraction of sp³-hybridized carbons (Fsp3) is 0.867. The highest BCUT2D eigenvalue weighted by Crippen LogP contribution is 2.34. The molecule has 0 saturated carbocycles. The summed E-state index contributed by atoms with van der Waals surface area (Å²) in [5.41, 5.74) is 0.864. The Balaban J connectivity index is 2.70. The Labute approximate surface area is 117 Å². The highest BCUT2D eigenvalue weighted by molar-refractivity contribution is 4.97. The molecule has 4 heteroatoms. The number of ether oxygens (including phenoxy) is 4. The fourth-order valence-electron chi connectivity index (χ4n) is 2.42. The summed E-state index contributed by atoms with van der Waals surface area (Å²) >= 11 is 0. The van der Waals surface area contributed by atoms with Crippen LogP contribution in [0.3, 0.4) is 0 Å². The van der Waals surface area contributed by atoms with Crippen LogP contribution in [0.1, 0.15) is 41.0 Å². The molecule has 0 aromatic heterocycles. The van der Waals surface area contributed by atoms with Gasteiger partial charge in [0.05, 0.1) is 18.3 Å². The third-order valence-corrected chi connectivity index (χ3v) is 3.55. The Morgan fingerprint density at radius 2 is 2.05 bits per heavy atom. The monoisotopic (exact) mass is 272 g/mol. The first-order chi connectivity index (χ1) is 8.92. The summed E-state index contributed by atoms with van der Waals surface area (Å²) in [7, 11) is 1.72. The SMILES string of the molecule is CCO[C@@H]1C[C@@](C)(OC)[C@@H](OCC=C(C)C)[C@H](C)O1. The molecule has 0 spiro atoms. The summed E-state index contributed by atoms with van der Waals surface area (Å²) in [5.74, 6) is 0. The predicted octanol–water partition coefficient (Wildman–Crippen LogP) is 2.91. The van der Waals surface area contributed by atoms with E-state index in [0.717, 1.165) is 0 Å². The van der Waals surface area contributed by atoms with Crippen LogP contribution in [0.4, 0.5) is 0 Å². The van der Waals surface area contributed by atoms with E-state index >= 15 is 0 Å². The topological polar surface area (TPSA) is 36.9 Å². The van der Waals surface area contributed by atoms with Gasteiger partial charge in [-0.25, -0.2) is 0 Å². The van der Waals surface area contributed by atoms with Crippen molar-refractivity contribution in [1.82, 2.24) is 0 Å². The summed E-state index contributed by atoms with van der Waals surface area (Å²) in [6.07, 6.45) is 2.39. The lowest BCUT2D eigenvalue weighted by atomic mass is 9.88. The van der Waals surface area contributed by atoms with Crippen molar-refractivity contribution in [3.8, 4) is 0 Å². The highest BCUT2D eigenvalue weighted by Gasteiger charge is 2.46. The van der Waals surface area contributed by atoms with Crippen LogP contribution < -0.4 is 0 Å². The smallest absolute Gasteiger partial charge is 0.160 e. The summed E-state index contributed by atoms with van der Waals surface area (Å²) in [6, 6.07) is 0. The first-order valence-electron chi connectivity index (χ1n) is 7.00. The van der Waals surface area contributed by atoms with Crippen LogP contribution in [-0.2, 0) is 18.9 Å². The molecule has 0 aromatic rings. The van der Waals surface area contributed by atoms with E-state index in [1.807, 2.05) is 13.8 Å². The second-order valence-electron chi connectivity index (χ2n) is 5.48. The van der Waals surface area contributed by atoms with Crippen molar-refractivity contribution in [2.75, 3.05) is 20.3 Å². The maximum atomic E-state index is 5.96. The maximum Gasteiger partial charge on any atom is 0.160 e. The van der Waals surface area contributed by atoms with Crippen LogP contribution >= 0.6 is 0 Å². The zero-order valence-corrected chi connectivity index (χ0v) is 13.1. The Hall–Kier alpha value is -0.420. The van der Waals surface area contributed by atoms with Crippen molar-refractivity contribution in [3.63, 3.8) is 0 Å². The summed E-state index contributed by atoms with van der Waals surface area (Å²) < 4.78 is 23.1. The molecule has 19 heavy (non-hydrogen) atoms. The average molecular weight is 272 g/mol. The van der Waals surface area contributed by atoms with Gasteiger partial charge in [0.2, 0.25) is 0 Å². The van der Waals surface area contributed by atoms with E-state index in [1.165, 1.54) is 5.57 Å². The zero-order chi connectivity index (χ0) is 14.5. The lowest BCUT2D eigenvalue weighted by Gasteiger charge is -2.46. The van der Waals surface area contributed by atoms with Gasteiger partial charge in [-0.2, -0.15) is 0 Å². The lowest BCUT2D eigenvalue weighted by molar-refractivity contribution is -0.284. The van der Waals surface area contributed by atoms with Crippen LogP contribution in [0.2, 0.25) is 0 Å². The van der Waals surface area contributed by atoms with Gasteiger partial charge in [-0.1, -0.05) is 11.6 Å². The predicted molar refractivity (Wildman–Crippen MR) is 75.2 cm³/mol. The summed E-state index contributed by atoms with van der Waals surface area (Å²) in [5, 5.41) is 0. The van der Waals surface area contributed by atoms with Gasteiger partial charge in [0, 0.05) is 20.1 Å². The summed E-state index contributed by atoms with van der Waals surface area (Å²) in [4.78, 5) is 0. The van der Waals surface area contributed by atoms with Gasteiger partial charge in [0.15, 0.2) is 6.29 Å². The van der Waals surface area contributed by atoms with Crippen LogP contribution in [0.25, 0.3) is 0 Å². The summed E-state index contributed by atoms with van der Waals surface area (Å²) in [6.45, 7) is 11.4. The molecule has 0 amide bonds. The van der Waals surface area contributed by atoms with E-state index in [0.29, 0.717) is 19.6 Å². The second-order valence-corrected chi connectivity index (χ2v) is 5.48. The second kappa shape index (κ2) is 7.39. The van der Waals surface area contributed by atoms with Gasteiger partial charge in [0.25, 0.3) is 0 Å². The first kappa shape index (κ1) is 16.6. The number of hydrogen-bond acceptors (Lipinski definition) is 4. The lowest BCUT2D eigenvalue weighted by Crippen LogP contribution is -2.57. The largest absolute Gasteiger partial charge is 0.376 e. The molecule has 0 aliphatic carbocycles. The van der Waals surface area contributed by atoms with E-state index < -0.39 is 0 Å². The molecule has 1 fully saturated rings. The van der Waals surface area contributed by atoms with Crippen molar-refractivity contribution in [2.24, 2.45) is 0 Å². The van der Waals surface area contributed by atoms with Crippen LogP contribution in [0, 0.1) is 0 Å². The number of allylic oxidation sites excluding steroid dienone is 1. The number of hydrogen-bond donors (Lipinski definition) is 0. The van der Waals surface area contributed by atoms with Gasteiger partial charge in [-0.05, 0) is 34.6 Å². The fourth-order valence-corrected chi connectivity index (χ4v) is 2.42. The van der Waals surface area contributed by atoms with Crippen LogP contribution in [0.15, 0.2) is 11.6 Å². The van der Waals surface area contributed by atoms with Crippen molar-refractivity contribution < 1.29 is 18.9 Å². The van der Waals surface area contributed by atoms with Gasteiger partial charge in [-0.3, -0.25) is 0 Å². The Morgan fingerprint density at radius 3 is 2.58 bits per heavy atom. The van der Waals surface area contributed by atoms with Crippen molar-refractivity contribution in [2.45, 2.75) is 65.1 Å². The molecule has 1 saturated heterocycles. The standard InChI is InChI=1S/C15H28O4/c1-7-17-13-10-15(5,16-6)14(12(4)19-13)18-9-8-11(2)3/h8,12-14H,7,9-10H2,1-6H3/t12-,13-,14-,15+/m0/s1. The molecule has 1 heterocycles. The van der Waals surface area contributed by atoms with Crippen molar-refractivity contribution >= 4 is 0 Å². The third kappa shape index (κ3) is 4.56. The van der Waals surface area contributed by atoms with Gasteiger partial charge in [-0.15, -0.1) is 0 Å². The molecular formula is C15H28O4. The first-order valence-corrected chi connectivity index (χ1v) is 7.00. The van der Waals surface area contributed by atoms with Crippen LogP contribution in [-0.4, -0.2) is 44.4 Å².